The monoisotopic (exact) mass is 306 g/mol. The molecule has 0 bridgehead atoms. The van der Waals surface area contributed by atoms with Crippen LogP contribution >= 0.6 is 11.3 Å². The number of nitrogens with zero attached hydrogens (tertiary/aromatic N) is 3. The van der Waals surface area contributed by atoms with Gasteiger partial charge >= 0.3 is 0 Å². The number of thiophene rings is 1. The number of aromatic nitrogens is 2. The number of carbonyl (C=O) groups is 1. The minimum Gasteiger partial charge on any atom is -0.395 e. The summed E-state index contributed by atoms with van der Waals surface area (Å²) in [5, 5.41) is 18.0. The van der Waals surface area contributed by atoms with Gasteiger partial charge in [-0.05, 0) is 17.5 Å². The molecule has 0 saturated carbocycles. The molecule has 1 aliphatic rings. The fraction of sp³-hybridized carbons (Fsp3) is 0.429. The zero-order chi connectivity index (χ0) is 14.7. The highest BCUT2D eigenvalue weighted by Gasteiger charge is 2.23. The molecule has 2 aromatic heterocycles. The van der Waals surface area contributed by atoms with Crippen LogP contribution in [0.5, 0.6) is 0 Å². The molecule has 6 nitrogen and oxygen atoms in total. The maximum atomic E-state index is 12.4. The third-order valence-electron chi connectivity index (χ3n) is 3.66. The quantitative estimate of drug-likeness (QED) is 0.880. The second-order valence-corrected chi connectivity index (χ2v) is 5.95. The fourth-order valence-corrected chi connectivity index (χ4v) is 3.16. The lowest BCUT2D eigenvalue weighted by Gasteiger charge is -2.33. The molecule has 0 aromatic carbocycles. The van der Waals surface area contributed by atoms with Crippen molar-refractivity contribution < 1.29 is 9.90 Å². The molecule has 1 aliphatic heterocycles. The molecule has 0 unspecified atom stereocenters. The summed E-state index contributed by atoms with van der Waals surface area (Å²) < 4.78 is 0. The van der Waals surface area contributed by atoms with Crippen molar-refractivity contribution in [1.82, 2.24) is 20.0 Å². The first kappa shape index (κ1) is 14.2. The SMILES string of the molecule is O=C(c1cc(-c2cccs2)[nH]n1)N1CCN(CCO)CC1. The van der Waals surface area contributed by atoms with E-state index in [0.29, 0.717) is 25.3 Å². The molecular weight excluding hydrogens is 288 g/mol. The van der Waals surface area contributed by atoms with Crippen LogP contribution in [0.2, 0.25) is 0 Å². The van der Waals surface area contributed by atoms with Crippen LogP contribution in [-0.4, -0.2) is 70.3 Å². The average molecular weight is 306 g/mol. The third kappa shape index (κ3) is 3.15. The van der Waals surface area contributed by atoms with Crippen LogP contribution in [-0.2, 0) is 0 Å². The number of carbonyl (C=O) groups excluding carboxylic acids is 1. The average Bonchev–Trinajstić information content (AvgIpc) is 3.19. The summed E-state index contributed by atoms with van der Waals surface area (Å²) in [6.07, 6.45) is 0. The molecule has 0 atom stereocenters. The molecule has 7 heteroatoms. The Hall–Kier alpha value is -1.70. The van der Waals surface area contributed by atoms with Crippen LogP contribution < -0.4 is 0 Å². The molecule has 2 aromatic rings. The van der Waals surface area contributed by atoms with Crippen LogP contribution in [0.1, 0.15) is 10.5 Å². The lowest BCUT2D eigenvalue weighted by Crippen LogP contribution is -2.49. The van der Waals surface area contributed by atoms with Gasteiger partial charge in [-0.3, -0.25) is 14.8 Å². The minimum atomic E-state index is -0.0299. The molecular formula is C14H18N4O2S. The van der Waals surface area contributed by atoms with E-state index in [-0.39, 0.29) is 12.5 Å². The smallest absolute Gasteiger partial charge is 0.274 e. The number of hydrogen-bond acceptors (Lipinski definition) is 5. The number of aliphatic hydroxyl groups is 1. The van der Waals surface area contributed by atoms with E-state index in [2.05, 4.69) is 15.1 Å². The van der Waals surface area contributed by atoms with Crippen molar-refractivity contribution in [3.63, 3.8) is 0 Å². The molecule has 3 heterocycles. The van der Waals surface area contributed by atoms with Gasteiger partial charge < -0.3 is 10.0 Å². The first-order valence-electron chi connectivity index (χ1n) is 6.99. The van der Waals surface area contributed by atoms with Crippen LogP contribution in [0.15, 0.2) is 23.6 Å². The van der Waals surface area contributed by atoms with Gasteiger partial charge in [-0.25, -0.2) is 0 Å². The summed E-state index contributed by atoms with van der Waals surface area (Å²) in [6.45, 7) is 3.80. The topological polar surface area (TPSA) is 72.5 Å². The van der Waals surface area contributed by atoms with Crippen molar-refractivity contribution in [2.24, 2.45) is 0 Å². The van der Waals surface area contributed by atoms with Crippen molar-refractivity contribution in [1.29, 1.82) is 0 Å². The summed E-state index contributed by atoms with van der Waals surface area (Å²) in [6, 6.07) is 5.79. The van der Waals surface area contributed by atoms with Crippen molar-refractivity contribution in [3.05, 3.63) is 29.3 Å². The first-order valence-corrected chi connectivity index (χ1v) is 7.87. The Balaban J connectivity index is 1.64. The van der Waals surface area contributed by atoms with Crippen LogP contribution in [0, 0.1) is 0 Å². The maximum Gasteiger partial charge on any atom is 0.274 e. The number of piperazine rings is 1. The summed E-state index contributed by atoms with van der Waals surface area (Å²) in [5.41, 5.74) is 1.35. The van der Waals surface area contributed by atoms with E-state index < -0.39 is 0 Å². The lowest BCUT2D eigenvalue weighted by atomic mass is 10.2. The van der Waals surface area contributed by atoms with Gasteiger partial charge in [-0.2, -0.15) is 5.10 Å². The Morgan fingerprint density at radius 1 is 1.38 bits per heavy atom. The number of H-pyrrole nitrogens is 1. The van der Waals surface area contributed by atoms with Crippen LogP contribution in [0.4, 0.5) is 0 Å². The molecule has 1 saturated heterocycles. The zero-order valence-corrected chi connectivity index (χ0v) is 12.5. The zero-order valence-electron chi connectivity index (χ0n) is 11.7. The van der Waals surface area contributed by atoms with Gasteiger partial charge in [0.15, 0.2) is 5.69 Å². The standard InChI is InChI=1S/C14H18N4O2S/c19-8-7-17-3-5-18(6-4-17)14(20)12-10-11(15-16-12)13-2-1-9-21-13/h1-2,9-10,19H,3-8H2,(H,15,16). The molecule has 0 aliphatic carbocycles. The Labute approximate surface area is 127 Å². The Morgan fingerprint density at radius 2 is 2.19 bits per heavy atom. The number of hydrogen-bond donors (Lipinski definition) is 2. The van der Waals surface area contributed by atoms with Crippen molar-refractivity contribution in [2.45, 2.75) is 0 Å². The van der Waals surface area contributed by atoms with Crippen molar-refractivity contribution in [2.75, 3.05) is 39.3 Å². The minimum absolute atomic E-state index is 0.0299. The Morgan fingerprint density at radius 3 is 2.86 bits per heavy atom. The Bertz CT molecular complexity index is 588. The predicted molar refractivity (Wildman–Crippen MR) is 81.3 cm³/mol. The molecule has 2 N–H and O–H groups in total. The number of β-amino-alcohol motifs (C(OH)–C–C–N with tert-alkyl or cyclic N) is 1. The fourth-order valence-electron chi connectivity index (χ4n) is 2.47. The molecule has 1 amide bonds. The second-order valence-electron chi connectivity index (χ2n) is 5.00. The summed E-state index contributed by atoms with van der Waals surface area (Å²) >= 11 is 1.62. The number of amides is 1. The van der Waals surface area contributed by atoms with E-state index in [9.17, 15) is 4.79 Å². The molecule has 3 rings (SSSR count). The highest BCUT2D eigenvalue weighted by atomic mass is 32.1. The molecule has 0 spiro atoms. The van der Waals surface area contributed by atoms with Gasteiger partial charge in [-0.1, -0.05) is 6.07 Å². The highest BCUT2D eigenvalue weighted by Crippen LogP contribution is 2.23. The van der Waals surface area contributed by atoms with Crippen LogP contribution in [0.25, 0.3) is 10.6 Å². The lowest BCUT2D eigenvalue weighted by molar-refractivity contribution is 0.0609. The van der Waals surface area contributed by atoms with E-state index in [1.807, 2.05) is 28.5 Å². The third-order valence-corrected chi connectivity index (χ3v) is 4.56. The van der Waals surface area contributed by atoms with Crippen molar-refractivity contribution >= 4 is 17.2 Å². The van der Waals surface area contributed by atoms with Gasteiger partial charge in [0.05, 0.1) is 17.2 Å². The number of aliphatic hydroxyl groups excluding tert-OH is 1. The largest absolute Gasteiger partial charge is 0.395 e. The molecule has 0 radical (unpaired) electrons. The van der Waals surface area contributed by atoms with E-state index >= 15 is 0 Å². The molecule has 21 heavy (non-hydrogen) atoms. The van der Waals surface area contributed by atoms with Gasteiger partial charge in [-0.15, -0.1) is 11.3 Å². The summed E-state index contributed by atoms with van der Waals surface area (Å²) in [7, 11) is 0. The van der Waals surface area contributed by atoms with E-state index in [1.54, 1.807) is 11.3 Å². The number of aromatic amines is 1. The summed E-state index contributed by atoms with van der Waals surface area (Å²) in [5.74, 6) is -0.0299. The van der Waals surface area contributed by atoms with E-state index in [1.165, 1.54) is 0 Å². The first-order chi connectivity index (χ1) is 10.3. The second kappa shape index (κ2) is 6.38. The van der Waals surface area contributed by atoms with E-state index in [4.69, 9.17) is 5.11 Å². The highest BCUT2D eigenvalue weighted by molar-refractivity contribution is 7.13. The Kier molecular flexibility index (Phi) is 4.33. The maximum absolute atomic E-state index is 12.4. The summed E-state index contributed by atoms with van der Waals surface area (Å²) in [4.78, 5) is 17.5. The van der Waals surface area contributed by atoms with Gasteiger partial charge in [0.25, 0.3) is 5.91 Å². The van der Waals surface area contributed by atoms with Gasteiger partial charge in [0.1, 0.15) is 0 Å². The molecule has 1 fully saturated rings. The van der Waals surface area contributed by atoms with Gasteiger partial charge in [0, 0.05) is 32.7 Å². The number of nitrogens with one attached hydrogen (secondary N) is 1. The predicted octanol–water partition coefficient (Wildman–Crippen LogP) is 0.888. The number of rotatable bonds is 4. The van der Waals surface area contributed by atoms with Crippen molar-refractivity contribution in [3.8, 4) is 10.6 Å². The van der Waals surface area contributed by atoms with Crippen LogP contribution in [0.3, 0.4) is 0 Å². The van der Waals surface area contributed by atoms with Gasteiger partial charge in [0.2, 0.25) is 0 Å². The van der Waals surface area contributed by atoms with E-state index in [0.717, 1.165) is 23.7 Å². The normalized spacial score (nSPS) is 16.3. The molecule has 112 valence electrons.